The Kier molecular flexibility index (Phi) is 12.1. The zero-order valence-electron chi connectivity index (χ0n) is 20.1. The molecule has 1 aromatic rings. The predicted octanol–water partition coefficient (Wildman–Crippen LogP) is -3.58. The van der Waals surface area contributed by atoms with Crippen LogP contribution < -0.4 is 33.2 Å². The quantitative estimate of drug-likeness (QED) is 0.0990. The Morgan fingerprint density at radius 3 is 1.74 bits per heavy atom. The van der Waals surface area contributed by atoms with Crippen molar-refractivity contribution in [2.45, 2.75) is 56.3 Å². The molecule has 0 radical (unpaired) electrons. The van der Waals surface area contributed by atoms with Gasteiger partial charge in [0, 0.05) is 12.8 Å². The van der Waals surface area contributed by atoms with Crippen molar-refractivity contribution in [2.24, 2.45) is 17.2 Å². The summed E-state index contributed by atoms with van der Waals surface area (Å²) in [6.45, 7) is 0. The maximum atomic E-state index is 13.0. The van der Waals surface area contributed by atoms with E-state index < -0.39 is 91.3 Å². The molecule has 0 aliphatic rings. The summed E-state index contributed by atoms with van der Waals surface area (Å²) >= 11 is 0. The minimum Gasteiger partial charge on any atom is -0.508 e. The Morgan fingerprint density at radius 1 is 0.737 bits per heavy atom. The number of carboxylic acids is 2. The summed E-state index contributed by atoms with van der Waals surface area (Å²) in [6.07, 6.45) is -2.53. The first-order valence-electron chi connectivity index (χ1n) is 11.1. The van der Waals surface area contributed by atoms with E-state index in [2.05, 4.69) is 16.0 Å². The largest absolute Gasteiger partial charge is 0.508 e. The van der Waals surface area contributed by atoms with Crippen LogP contribution in [0.15, 0.2) is 24.3 Å². The van der Waals surface area contributed by atoms with Crippen molar-refractivity contribution in [3.8, 4) is 5.75 Å². The highest BCUT2D eigenvalue weighted by Gasteiger charge is 2.31. The molecule has 0 aliphatic carbocycles. The maximum Gasteiger partial charge on any atom is 0.326 e. The van der Waals surface area contributed by atoms with Crippen LogP contribution in [0.3, 0.4) is 0 Å². The SMILES string of the molecule is NC(=O)CC(N)C(=O)NC(CC(N)=O)C(=O)NC(Cc1ccc(O)cc1)C(=O)NC(CCC(=O)O)C(=O)O. The van der Waals surface area contributed by atoms with Crippen LogP contribution in [0.4, 0.5) is 0 Å². The van der Waals surface area contributed by atoms with Gasteiger partial charge in [-0.1, -0.05) is 12.1 Å². The zero-order valence-corrected chi connectivity index (χ0v) is 20.1. The smallest absolute Gasteiger partial charge is 0.326 e. The first-order valence-corrected chi connectivity index (χ1v) is 11.1. The summed E-state index contributed by atoms with van der Waals surface area (Å²) in [6, 6.07) is -0.715. The number of rotatable bonds is 16. The third-order valence-electron chi connectivity index (χ3n) is 5.07. The van der Waals surface area contributed by atoms with E-state index in [1.165, 1.54) is 24.3 Å². The molecule has 0 heterocycles. The summed E-state index contributed by atoms with van der Waals surface area (Å²) in [4.78, 5) is 83.1. The van der Waals surface area contributed by atoms with Crippen molar-refractivity contribution in [1.29, 1.82) is 0 Å². The van der Waals surface area contributed by atoms with Crippen LogP contribution in [-0.2, 0) is 40.0 Å². The van der Waals surface area contributed by atoms with Gasteiger partial charge in [0.1, 0.15) is 23.9 Å². The highest BCUT2D eigenvalue weighted by molar-refractivity contribution is 5.97. The predicted molar refractivity (Wildman–Crippen MR) is 128 cm³/mol. The van der Waals surface area contributed by atoms with E-state index >= 15 is 0 Å². The molecule has 1 aromatic carbocycles. The fourth-order valence-corrected chi connectivity index (χ4v) is 3.15. The van der Waals surface area contributed by atoms with Gasteiger partial charge in [-0.3, -0.25) is 28.8 Å². The van der Waals surface area contributed by atoms with Crippen molar-refractivity contribution < 1.29 is 48.9 Å². The molecule has 4 atom stereocenters. The number of nitrogens with one attached hydrogen (secondary N) is 3. The van der Waals surface area contributed by atoms with E-state index in [4.69, 9.17) is 22.3 Å². The third kappa shape index (κ3) is 11.3. The summed E-state index contributed by atoms with van der Waals surface area (Å²) in [7, 11) is 0. The molecular weight excluding hydrogens is 508 g/mol. The average Bonchev–Trinajstić information content (AvgIpc) is 2.80. The molecule has 0 fully saturated rings. The van der Waals surface area contributed by atoms with Gasteiger partial charge in [0.25, 0.3) is 0 Å². The van der Waals surface area contributed by atoms with E-state index in [-0.39, 0.29) is 12.2 Å². The summed E-state index contributed by atoms with van der Waals surface area (Å²) in [5, 5.41) is 34.3. The van der Waals surface area contributed by atoms with E-state index in [0.29, 0.717) is 5.56 Å². The zero-order chi connectivity index (χ0) is 29.0. The van der Waals surface area contributed by atoms with E-state index in [0.717, 1.165) is 0 Å². The molecular formula is C22H30N6O10. The van der Waals surface area contributed by atoms with E-state index in [9.17, 15) is 43.8 Å². The number of primary amides is 2. The summed E-state index contributed by atoms with van der Waals surface area (Å²) in [5.74, 6) is -7.90. The van der Waals surface area contributed by atoms with Gasteiger partial charge in [-0.25, -0.2) is 4.79 Å². The molecule has 0 saturated heterocycles. The van der Waals surface area contributed by atoms with Gasteiger partial charge >= 0.3 is 11.9 Å². The number of amides is 5. The lowest BCUT2D eigenvalue weighted by atomic mass is 10.0. The van der Waals surface area contributed by atoms with Gasteiger partial charge in [0.2, 0.25) is 29.5 Å². The molecule has 0 spiro atoms. The lowest BCUT2D eigenvalue weighted by Crippen LogP contribution is -2.58. The van der Waals surface area contributed by atoms with Crippen molar-refractivity contribution >= 4 is 41.5 Å². The standard InChI is InChI=1S/C22H30N6O10/c23-12(8-16(24)30)19(34)27-15(9-17(25)31)21(36)28-14(7-10-1-3-11(29)4-2-10)20(35)26-13(22(37)38)5-6-18(32)33/h1-4,12-15,29H,5-9,23H2,(H2,24,30)(H2,25,31)(H,26,35)(H,27,34)(H,28,36)(H,32,33)(H,37,38). The molecule has 16 nitrogen and oxygen atoms in total. The molecule has 5 amide bonds. The molecule has 0 aliphatic heterocycles. The first kappa shape index (κ1) is 31.3. The fraction of sp³-hybridized carbons (Fsp3) is 0.409. The highest BCUT2D eigenvalue weighted by Crippen LogP contribution is 2.12. The second-order valence-corrected chi connectivity index (χ2v) is 8.27. The van der Waals surface area contributed by atoms with Crippen LogP contribution >= 0.6 is 0 Å². The Hall–Kier alpha value is -4.73. The lowest BCUT2D eigenvalue weighted by Gasteiger charge is -2.25. The van der Waals surface area contributed by atoms with Gasteiger partial charge in [-0.05, 0) is 24.1 Å². The van der Waals surface area contributed by atoms with Crippen LogP contribution in [0.25, 0.3) is 0 Å². The number of hydrogen-bond donors (Lipinski definition) is 9. The fourth-order valence-electron chi connectivity index (χ4n) is 3.15. The van der Waals surface area contributed by atoms with Crippen molar-refractivity contribution in [3.63, 3.8) is 0 Å². The number of aromatic hydroxyl groups is 1. The Balaban J connectivity index is 3.18. The Labute approximate surface area is 215 Å². The highest BCUT2D eigenvalue weighted by atomic mass is 16.4. The second kappa shape index (κ2) is 14.7. The van der Waals surface area contributed by atoms with Crippen LogP contribution in [0.1, 0.15) is 31.2 Å². The molecule has 12 N–H and O–H groups in total. The minimum absolute atomic E-state index is 0.0880. The number of hydrogen-bond acceptors (Lipinski definition) is 9. The van der Waals surface area contributed by atoms with Crippen molar-refractivity contribution in [1.82, 2.24) is 16.0 Å². The maximum absolute atomic E-state index is 13.0. The van der Waals surface area contributed by atoms with Crippen LogP contribution in [0.2, 0.25) is 0 Å². The van der Waals surface area contributed by atoms with E-state index in [1.807, 2.05) is 0 Å². The molecule has 1 rings (SSSR count). The third-order valence-corrected chi connectivity index (χ3v) is 5.07. The topological polar surface area (TPSA) is 294 Å². The molecule has 0 bridgehead atoms. The molecule has 208 valence electrons. The average molecular weight is 539 g/mol. The van der Waals surface area contributed by atoms with E-state index in [1.54, 1.807) is 0 Å². The van der Waals surface area contributed by atoms with Gasteiger partial charge < -0.3 is 48.5 Å². The number of carbonyl (C=O) groups is 7. The van der Waals surface area contributed by atoms with Gasteiger partial charge in [0.05, 0.1) is 18.9 Å². The normalized spacial score (nSPS) is 13.7. The number of phenols is 1. The minimum atomic E-state index is -1.63. The second-order valence-electron chi connectivity index (χ2n) is 8.27. The molecule has 0 saturated carbocycles. The van der Waals surface area contributed by atoms with Crippen molar-refractivity contribution in [3.05, 3.63) is 29.8 Å². The van der Waals surface area contributed by atoms with Crippen LogP contribution in [0, 0.1) is 0 Å². The summed E-state index contributed by atoms with van der Waals surface area (Å²) in [5.41, 5.74) is 16.1. The molecule has 38 heavy (non-hydrogen) atoms. The lowest BCUT2D eigenvalue weighted by molar-refractivity contribution is -0.143. The molecule has 0 aromatic heterocycles. The number of aliphatic carboxylic acids is 2. The van der Waals surface area contributed by atoms with Gasteiger partial charge in [-0.15, -0.1) is 0 Å². The molecule has 4 unspecified atom stereocenters. The van der Waals surface area contributed by atoms with Crippen LogP contribution in [-0.4, -0.2) is 81.0 Å². The van der Waals surface area contributed by atoms with Crippen LogP contribution in [0.5, 0.6) is 5.75 Å². The Bertz CT molecular complexity index is 1060. The summed E-state index contributed by atoms with van der Waals surface area (Å²) < 4.78 is 0. The number of nitrogens with two attached hydrogens (primary N) is 3. The number of phenolic OH excluding ortho intramolecular Hbond substituents is 1. The Morgan fingerprint density at radius 2 is 1.24 bits per heavy atom. The van der Waals surface area contributed by atoms with Gasteiger partial charge in [-0.2, -0.15) is 0 Å². The molecule has 16 heteroatoms. The first-order chi connectivity index (χ1) is 17.7. The number of benzene rings is 1. The number of carboxylic acid groups (broad SMARTS) is 2. The number of carbonyl (C=O) groups excluding carboxylic acids is 5. The van der Waals surface area contributed by atoms with Gasteiger partial charge in [0.15, 0.2) is 0 Å². The van der Waals surface area contributed by atoms with Crippen molar-refractivity contribution in [2.75, 3.05) is 0 Å². The monoisotopic (exact) mass is 538 g/mol.